The Labute approximate surface area is 533 Å². The molecule has 0 radical (unpaired) electrons. The van der Waals surface area contributed by atoms with Crippen LogP contribution in [0.3, 0.4) is 0 Å². The van der Waals surface area contributed by atoms with Crippen molar-refractivity contribution < 1.29 is 0 Å². The number of benzene rings is 15. The normalized spacial score (nSPS) is 13.2. The molecule has 0 fully saturated rings. The Morgan fingerprint density at radius 1 is 0.297 bits per heavy atom. The molecule has 0 saturated heterocycles. The van der Waals surface area contributed by atoms with E-state index in [1.165, 1.54) is 173 Å². The molecule has 3 heteroatoms. The van der Waals surface area contributed by atoms with Crippen molar-refractivity contribution in [2.75, 3.05) is 0 Å². The van der Waals surface area contributed by atoms with Crippen LogP contribution >= 0.6 is 11.3 Å². The molecule has 1 aliphatic heterocycles. The molecule has 19 rings (SSSR count). The van der Waals surface area contributed by atoms with E-state index in [9.17, 15) is 0 Å². The fourth-order valence-corrected chi connectivity index (χ4v) is 22.2. The Kier molecular flexibility index (Phi) is 11.8. The van der Waals surface area contributed by atoms with E-state index in [0.717, 1.165) is 18.5 Å². The van der Waals surface area contributed by atoms with Crippen LogP contribution in [0.4, 0.5) is 0 Å². The number of hydrogen-bond acceptors (Lipinski definition) is 1. The van der Waals surface area contributed by atoms with Gasteiger partial charge in [0.05, 0.1) is 11.0 Å². The smallest absolute Gasteiger partial charge is 0.180 e. The minimum atomic E-state index is -2.98. The summed E-state index contributed by atoms with van der Waals surface area (Å²) in [5.41, 5.74) is 21.3. The second-order valence-electron chi connectivity index (χ2n) is 24.9. The van der Waals surface area contributed by atoms with Crippen molar-refractivity contribution in [1.29, 1.82) is 0 Å². The summed E-state index contributed by atoms with van der Waals surface area (Å²) in [6, 6.07) is 118. The second kappa shape index (κ2) is 20.6. The van der Waals surface area contributed by atoms with Crippen LogP contribution in [-0.4, -0.2) is 12.6 Å². The fraction of sp³-hybridized carbons (Fsp3) is 0.0227. The molecule has 17 aromatic rings. The van der Waals surface area contributed by atoms with Gasteiger partial charge in [0.1, 0.15) is 0 Å². The SMILES string of the molecule is C1=Cc2c(c(-c3ccc(-c4ccc5c(c4)c4cc(-c6ccc(-c7cc8ccccc8c8ccccc78)cc6)ccc4n5-c4ccc5c(c4)[Si](c4ccccc4)(c4ccccc4)c4cc(-c6ccc7sc8ccccc8c7c6)ccc4-5)cc3)cc3ccccc23)CC1. The highest BCUT2D eigenvalue weighted by atomic mass is 32.1. The molecule has 1 nitrogen and oxygen atoms in total. The number of allylic oxidation sites excluding steroid dienone is 1. The van der Waals surface area contributed by atoms with E-state index in [2.05, 4.69) is 326 Å². The topological polar surface area (TPSA) is 4.93 Å². The van der Waals surface area contributed by atoms with E-state index in [-0.39, 0.29) is 0 Å². The Hall–Kier alpha value is -10.9. The van der Waals surface area contributed by atoms with Gasteiger partial charge in [0, 0.05) is 36.6 Å². The first-order valence-electron chi connectivity index (χ1n) is 31.8. The minimum Gasteiger partial charge on any atom is -0.309 e. The van der Waals surface area contributed by atoms with Crippen LogP contribution in [0.5, 0.6) is 0 Å². The van der Waals surface area contributed by atoms with Gasteiger partial charge in [0.25, 0.3) is 0 Å². The zero-order valence-electron chi connectivity index (χ0n) is 49.9. The number of rotatable bonds is 8. The molecular weight excluding hydrogens is 1130 g/mol. The summed E-state index contributed by atoms with van der Waals surface area (Å²) in [4.78, 5) is 0. The van der Waals surface area contributed by atoms with Crippen molar-refractivity contribution in [3.05, 3.63) is 327 Å². The molecule has 91 heavy (non-hydrogen) atoms. The van der Waals surface area contributed by atoms with Crippen LogP contribution in [0.1, 0.15) is 17.5 Å². The van der Waals surface area contributed by atoms with Crippen molar-refractivity contribution in [3.8, 4) is 72.4 Å². The monoisotopic (exact) mass is 1190 g/mol. The molecule has 1 aliphatic carbocycles. The van der Waals surface area contributed by atoms with E-state index in [0.29, 0.717) is 0 Å². The van der Waals surface area contributed by atoms with E-state index in [1.54, 1.807) is 0 Å². The summed E-state index contributed by atoms with van der Waals surface area (Å²) in [5, 5.41) is 18.4. The van der Waals surface area contributed by atoms with E-state index in [1.807, 2.05) is 11.3 Å². The van der Waals surface area contributed by atoms with E-state index >= 15 is 0 Å². The van der Waals surface area contributed by atoms with Crippen LogP contribution in [0.15, 0.2) is 315 Å². The highest BCUT2D eigenvalue weighted by molar-refractivity contribution is 7.25. The van der Waals surface area contributed by atoms with Gasteiger partial charge in [-0.25, -0.2) is 0 Å². The fourth-order valence-electron chi connectivity index (χ4n) is 15.9. The summed E-state index contributed by atoms with van der Waals surface area (Å²) < 4.78 is 5.20. The summed E-state index contributed by atoms with van der Waals surface area (Å²) >= 11 is 1.88. The number of fused-ring (bicyclic) bond motifs is 15. The molecule has 0 unspecified atom stereocenters. The van der Waals surface area contributed by atoms with Crippen molar-refractivity contribution in [1.82, 2.24) is 4.57 Å². The standard InChI is InChI=1S/C88H57NSSi/c1-3-19-67(20-4-1)91(68-21-5-2-6-22-68)87-54-63(62-42-48-86-82(51-62)75-29-15-16-30-85(75)90-86)39-44-76(87)77-45-43-66(55-88(77)91)89-83-46-40-60(56-31-35-58(36-32-56)78-52-64-17-7-9-23-69(64)71-25-11-13-27-73(71)78)49-80(83)81-50-61(41-47-84(81)89)57-33-37-59(38-34-57)79-53-65-18-8-10-24-70(65)72-26-12-14-28-74(72)79/h1-13,15-27,29-55H,14,28H2. The van der Waals surface area contributed by atoms with Gasteiger partial charge < -0.3 is 4.57 Å². The number of aromatic nitrogens is 1. The van der Waals surface area contributed by atoms with Gasteiger partial charge in [-0.2, -0.15) is 0 Å². The van der Waals surface area contributed by atoms with E-state index < -0.39 is 8.07 Å². The van der Waals surface area contributed by atoms with Gasteiger partial charge in [-0.05, 0) is 211 Å². The lowest BCUT2D eigenvalue weighted by molar-refractivity contribution is 0.992. The lowest BCUT2D eigenvalue weighted by Gasteiger charge is -2.32. The predicted molar refractivity (Wildman–Crippen MR) is 393 cm³/mol. The molecule has 2 aliphatic rings. The Morgan fingerprint density at radius 3 is 1.46 bits per heavy atom. The molecule has 424 valence electrons. The Morgan fingerprint density at radius 2 is 0.769 bits per heavy atom. The maximum atomic E-state index is 2.58. The third-order valence-corrected chi connectivity index (χ3v) is 26.1. The zero-order chi connectivity index (χ0) is 59.7. The Bertz CT molecular complexity index is 5830. The molecule has 0 N–H and O–H groups in total. The molecule has 0 atom stereocenters. The summed E-state index contributed by atoms with van der Waals surface area (Å²) in [6.07, 6.45) is 6.79. The van der Waals surface area contributed by atoms with Gasteiger partial charge in [0.2, 0.25) is 0 Å². The van der Waals surface area contributed by atoms with Gasteiger partial charge in [-0.15, -0.1) is 11.3 Å². The average Bonchev–Trinajstić information content (AvgIpc) is 1.69. The summed E-state index contributed by atoms with van der Waals surface area (Å²) in [5.74, 6) is 0. The molecule has 0 saturated carbocycles. The van der Waals surface area contributed by atoms with Gasteiger partial charge >= 0.3 is 0 Å². The van der Waals surface area contributed by atoms with Crippen molar-refractivity contribution in [2.45, 2.75) is 12.8 Å². The number of nitrogens with zero attached hydrogens (tertiary/aromatic N) is 1. The molecule has 0 bridgehead atoms. The van der Waals surface area contributed by atoms with Crippen molar-refractivity contribution in [2.24, 2.45) is 0 Å². The molecular formula is C88H57NSSi. The highest BCUT2D eigenvalue weighted by Crippen LogP contribution is 2.44. The third kappa shape index (κ3) is 8.08. The lowest BCUT2D eigenvalue weighted by atomic mass is 9.85. The summed E-state index contributed by atoms with van der Waals surface area (Å²) in [7, 11) is -2.98. The molecule has 15 aromatic carbocycles. The van der Waals surface area contributed by atoms with Crippen LogP contribution < -0.4 is 20.7 Å². The molecule has 0 amide bonds. The zero-order valence-corrected chi connectivity index (χ0v) is 51.7. The van der Waals surface area contributed by atoms with Crippen LogP contribution in [0.25, 0.3) is 153 Å². The van der Waals surface area contributed by atoms with E-state index in [4.69, 9.17) is 0 Å². The average molecular weight is 1190 g/mol. The quantitative estimate of drug-likeness (QED) is 0.106. The first kappa shape index (κ1) is 52.0. The maximum Gasteiger partial charge on any atom is 0.180 e. The lowest BCUT2D eigenvalue weighted by Crippen LogP contribution is -2.72. The largest absolute Gasteiger partial charge is 0.309 e. The molecule has 3 heterocycles. The second-order valence-corrected chi connectivity index (χ2v) is 29.7. The third-order valence-electron chi connectivity index (χ3n) is 20.1. The maximum absolute atomic E-state index is 2.98. The number of hydrogen-bond donors (Lipinski definition) is 0. The molecule has 0 spiro atoms. The predicted octanol–water partition coefficient (Wildman–Crippen LogP) is 21.3. The highest BCUT2D eigenvalue weighted by Gasteiger charge is 2.49. The molecule has 2 aromatic heterocycles. The van der Waals surface area contributed by atoms with Gasteiger partial charge in [-0.3, -0.25) is 0 Å². The number of thiophene rings is 1. The van der Waals surface area contributed by atoms with Crippen LogP contribution in [-0.2, 0) is 6.42 Å². The minimum absolute atomic E-state index is 1.05. The van der Waals surface area contributed by atoms with Crippen molar-refractivity contribution >= 4 is 121 Å². The van der Waals surface area contributed by atoms with Gasteiger partial charge in [0.15, 0.2) is 8.07 Å². The van der Waals surface area contributed by atoms with Crippen LogP contribution in [0.2, 0.25) is 0 Å². The van der Waals surface area contributed by atoms with Crippen molar-refractivity contribution in [3.63, 3.8) is 0 Å². The van der Waals surface area contributed by atoms with Crippen LogP contribution in [0, 0.1) is 0 Å². The van der Waals surface area contributed by atoms with Gasteiger partial charge in [-0.1, -0.05) is 255 Å². The first-order valence-corrected chi connectivity index (χ1v) is 34.6. The first-order chi connectivity index (χ1) is 45.1. The summed E-state index contributed by atoms with van der Waals surface area (Å²) in [6.45, 7) is 0. The Balaban J connectivity index is 0.783.